The molecule has 0 atom stereocenters. The van der Waals surface area contributed by atoms with Crippen LogP contribution in [0.1, 0.15) is 57.6 Å². The molecule has 1 saturated heterocycles. The van der Waals surface area contributed by atoms with Crippen LogP contribution in [0, 0.1) is 0 Å². The van der Waals surface area contributed by atoms with E-state index in [0.29, 0.717) is 13.0 Å². The molecule has 0 aliphatic carbocycles. The standard InChI is InChI=1S/C19H27N3O2/c1-19(2,3)16-10-8-15(9-11-16)13-20-21-17(23)14-22-12-6-4-5-7-18(22)24/h8-11,13H,4-7,12,14H2,1-3H3,(H,21,23)/b20-13-. The van der Waals surface area contributed by atoms with Crippen LogP contribution in [0.15, 0.2) is 29.4 Å². The van der Waals surface area contributed by atoms with Crippen molar-refractivity contribution in [3.05, 3.63) is 35.4 Å². The van der Waals surface area contributed by atoms with Crippen LogP contribution in [0.4, 0.5) is 0 Å². The number of carbonyl (C=O) groups excluding carboxylic acids is 2. The minimum absolute atomic E-state index is 0.0596. The van der Waals surface area contributed by atoms with Gasteiger partial charge in [0.25, 0.3) is 5.91 Å². The fraction of sp³-hybridized carbons (Fsp3) is 0.526. The summed E-state index contributed by atoms with van der Waals surface area (Å²) < 4.78 is 0. The topological polar surface area (TPSA) is 61.8 Å². The van der Waals surface area contributed by atoms with Gasteiger partial charge >= 0.3 is 0 Å². The Bertz CT molecular complexity index is 600. The number of nitrogens with zero attached hydrogens (tertiary/aromatic N) is 2. The summed E-state index contributed by atoms with van der Waals surface area (Å²) >= 11 is 0. The molecule has 0 radical (unpaired) electrons. The summed E-state index contributed by atoms with van der Waals surface area (Å²) in [4.78, 5) is 25.4. The molecule has 24 heavy (non-hydrogen) atoms. The van der Waals surface area contributed by atoms with E-state index in [9.17, 15) is 9.59 Å². The highest BCUT2D eigenvalue weighted by atomic mass is 16.2. The summed E-state index contributed by atoms with van der Waals surface area (Å²) in [5, 5.41) is 3.98. The first-order valence-corrected chi connectivity index (χ1v) is 8.56. The number of hydrogen-bond donors (Lipinski definition) is 1. The summed E-state index contributed by atoms with van der Waals surface area (Å²) in [7, 11) is 0. The van der Waals surface area contributed by atoms with Crippen LogP contribution < -0.4 is 5.43 Å². The summed E-state index contributed by atoms with van der Waals surface area (Å²) in [5.74, 6) is -0.197. The lowest BCUT2D eigenvalue weighted by Crippen LogP contribution is -2.39. The molecule has 1 N–H and O–H groups in total. The SMILES string of the molecule is CC(C)(C)c1ccc(/C=N\NC(=O)CN2CCCCCC2=O)cc1. The monoisotopic (exact) mass is 329 g/mol. The summed E-state index contributed by atoms with van der Waals surface area (Å²) in [6.07, 6.45) is 5.08. The second kappa shape index (κ2) is 8.08. The average Bonchev–Trinajstić information content (AvgIpc) is 2.72. The zero-order valence-electron chi connectivity index (χ0n) is 14.8. The van der Waals surface area contributed by atoms with Gasteiger partial charge in [-0.15, -0.1) is 0 Å². The van der Waals surface area contributed by atoms with E-state index in [1.165, 1.54) is 5.56 Å². The first kappa shape index (κ1) is 18.2. The maximum Gasteiger partial charge on any atom is 0.259 e. The van der Waals surface area contributed by atoms with Crippen LogP contribution in [-0.4, -0.2) is 36.0 Å². The van der Waals surface area contributed by atoms with Gasteiger partial charge in [-0.2, -0.15) is 5.10 Å². The molecular weight excluding hydrogens is 302 g/mol. The van der Waals surface area contributed by atoms with E-state index in [1.807, 2.05) is 12.1 Å². The van der Waals surface area contributed by atoms with Crippen LogP contribution in [0.2, 0.25) is 0 Å². The molecule has 1 heterocycles. The van der Waals surface area contributed by atoms with Gasteiger partial charge in [0.1, 0.15) is 6.54 Å². The highest BCUT2D eigenvalue weighted by Crippen LogP contribution is 2.21. The molecule has 1 fully saturated rings. The molecule has 2 amide bonds. The molecule has 0 saturated carbocycles. The van der Waals surface area contributed by atoms with E-state index >= 15 is 0 Å². The zero-order valence-corrected chi connectivity index (χ0v) is 14.8. The van der Waals surface area contributed by atoms with E-state index in [0.717, 1.165) is 24.8 Å². The number of hydrogen-bond acceptors (Lipinski definition) is 3. The van der Waals surface area contributed by atoms with Crippen molar-refractivity contribution in [2.75, 3.05) is 13.1 Å². The maximum absolute atomic E-state index is 11.9. The minimum atomic E-state index is -0.257. The van der Waals surface area contributed by atoms with Crippen molar-refractivity contribution in [1.29, 1.82) is 0 Å². The van der Waals surface area contributed by atoms with Gasteiger partial charge < -0.3 is 4.90 Å². The Hall–Kier alpha value is -2.17. The number of hydrazone groups is 1. The van der Waals surface area contributed by atoms with Gasteiger partial charge in [-0.25, -0.2) is 5.43 Å². The number of carbonyl (C=O) groups is 2. The molecule has 1 aliphatic heterocycles. The highest BCUT2D eigenvalue weighted by Gasteiger charge is 2.18. The number of nitrogens with one attached hydrogen (secondary N) is 1. The van der Waals surface area contributed by atoms with E-state index < -0.39 is 0 Å². The van der Waals surface area contributed by atoms with Gasteiger partial charge in [0.15, 0.2) is 0 Å². The third kappa shape index (κ3) is 5.48. The fourth-order valence-corrected chi connectivity index (χ4v) is 2.66. The lowest BCUT2D eigenvalue weighted by molar-refractivity contribution is -0.135. The molecule has 5 heteroatoms. The molecular formula is C19H27N3O2. The Morgan fingerprint density at radius 1 is 1.21 bits per heavy atom. The van der Waals surface area contributed by atoms with Crippen molar-refractivity contribution >= 4 is 18.0 Å². The van der Waals surface area contributed by atoms with Gasteiger partial charge in [-0.1, -0.05) is 51.5 Å². The number of amides is 2. The van der Waals surface area contributed by atoms with E-state index in [1.54, 1.807) is 11.1 Å². The van der Waals surface area contributed by atoms with Crippen molar-refractivity contribution in [3.8, 4) is 0 Å². The Labute approximate surface area is 144 Å². The van der Waals surface area contributed by atoms with Crippen molar-refractivity contribution in [3.63, 3.8) is 0 Å². The Morgan fingerprint density at radius 3 is 2.58 bits per heavy atom. The Morgan fingerprint density at radius 2 is 1.92 bits per heavy atom. The predicted octanol–water partition coefficient (Wildman–Crippen LogP) is 2.84. The minimum Gasteiger partial charge on any atom is -0.333 e. The van der Waals surface area contributed by atoms with Crippen molar-refractivity contribution in [2.45, 2.75) is 51.9 Å². The largest absolute Gasteiger partial charge is 0.333 e. The van der Waals surface area contributed by atoms with Crippen LogP contribution in [0.5, 0.6) is 0 Å². The summed E-state index contributed by atoms with van der Waals surface area (Å²) in [6.45, 7) is 7.24. The number of rotatable bonds is 4. The molecule has 130 valence electrons. The molecule has 5 nitrogen and oxygen atoms in total. The third-order valence-corrected chi connectivity index (χ3v) is 4.19. The molecule has 0 unspecified atom stereocenters. The van der Waals surface area contributed by atoms with Crippen molar-refractivity contribution in [2.24, 2.45) is 5.10 Å². The lowest BCUT2D eigenvalue weighted by Gasteiger charge is -2.19. The molecule has 0 spiro atoms. The normalized spacial score (nSPS) is 16.3. The first-order chi connectivity index (χ1) is 11.4. The second-order valence-electron chi connectivity index (χ2n) is 7.29. The van der Waals surface area contributed by atoms with Gasteiger partial charge in [0, 0.05) is 13.0 Å². The molecule has 0 bridgehead atoms. The average molecular weight is 329 g/mol. The molecule has 0 aromatic heterocycles. The van der Waals surface area contributed by atoms with Crippen molar-refractivity contribution in [1.82, 2.24) is 10.3 Å². The van der Waals surface area contributed by atoms with E-state index in [-0.39, 0.29) is 23.8 Å². The smallest absolute Gasteiger partial charge is 0.259 e. The third-order valence-electron chi connectivity index (χ3n) is 4.19. The fourth-order valence-electron chi connectivity index (χ4n) is 2.66. The zero-order chi connectivity index (χ0) is 17.6. The quantitative estimate of drug-likeness (QED) is 0.682. The van der Waals surface area contributed by atoms with E-state index in [2.05, 4.69) is 43.4 Å². The highest BCUT2D eigenvalue weighted by molar-refractivity contribution is 5.86. The molecule has 1 aliphatic rings. The Kier molecular flexibility index (Phi) is 6.12. The Balaban J connectivity index is 1.84. The van der Waals surface area contributed by atoms with Gasteiger partial charge in [-0.05, 0) is 29.4 Å². The first-order valence-electron chi connectivity index (χ1n) is 8.56. The van der Waals surface area contributed by atoms with Gasteiger partial charge in [0.05, 0.1) is 6.21 Å². The second-order valence-corrected chi connectivity index (χ2v) is 7.29. The summed E-state index contributed by atoms with van der Waals surface area (Å²) in [5.41, 5.74) is 4.79. The van der Waals surface area contributed by atoms with Crippen LogP contribution >= 0.6 is 0 Å². The van der Waals surface area contributed by atoms with Crippen LogP contribution in [-0.2, 0) is 15.0 Å². The van der Waals surface area contributed by atoms with Gasteiger partial charge in [0.2, 0.25) is 5.91 Å². The predicted molar refractivity (Wildman–Crippen MR) is 95.9 cm³/mol. The summed E-state index contributed by atoms with van der Waals surface area (Å²) in [6, 6.07) is 8.10. The van der Waals surface area contributed by atoms with Crippen LogP contribution in [0.25, 0.3) is 0 Å². The van der Waals surface area contributed by atoms with Gasteiger partial charge in [-0.3, -0.25) is 9.59 Å². The molecule has 2 rings (SSSR count). The number of likely N-dealkylation sites (tertiary alicyclic amines) is 1. The van der Waals surface area contributed by atoms with E-state index in [4.69, 9.17) is 0 Å². The molecule has 1 aromatic rings. The maximum atomic E-state index is 11.9. The lowest BCUT2D eigenvalue weighted by atomic mass is 9.87. The molecule has 1 aromatic carbocycles. The van der Waals surface area contributed by atoms with Crippen LogP contribution in [0.3, 0.4) is 0 Å². The number of benzene rings is 1. The van der Waals surface area contributed by atoms with Crippen molar-refractivity contribution < 1.29 is 9.59 Å².